The van der Waals surface area contributed by atoms with Crippen LogP contribution in [0.1, 0.15) is 11.5 Å². The van der Waals surface area contributed by atoms with Gasteiger partial charge in [-0.3, -0.25) is 0 Å². The fourth-order valence-electron chi connectivity index (χ4n) is 1.69. The molecule has 0 amide bonds. The summed E-state index contributed by atoms with van der Waals surface area (Å²) < 4.78 is 10.6. The van der Waals surface area contributed by atoms with E-state index in [2.05, 4.69) is 17.4 Å². The fraction of sp³-hybridized carbons (Fsp3) is 0.400. The molecule has 1 fully saturated rings. The average molecular weight is 214 g/mol. The molecule has 2 heterocycles. The van der Waals surface area contributed by atoms with Crippen LogP contribution in [0, 0.1) is 0 Å². The summed E-state index contributed by atoms with van der Waals surface area (Å²) in [5.41, 5.74) is 1.35. The standard InChI is InChI=1S/C10H11NO2.ClH/c1-2-9-10(13-6-12-9)3-7(1)8-4-11-5-8;/h1-3,8,11H,4-6H2;1H. The Morgan fingerprint density at radius 1 is 1.14 bits per heavy atom. The normalized spacial score (nSPS) is 18.6. The Balaban J connectivity index is 0.000000750. The van der Waals surface area contributed by atoms with Crippen LogP contribution >= 0.6 is 12.4 Å². The maximum absolute atomic E-state index is 5.32. The van der Waals surface area contributed by atoms with Crippen molar-refractivity contribution < 1.29 is 9.47 Å². The summed E-state index contributed by atoms with van der Waals surface area (Å²) in [7, 11) is 0. The predicted molar refractivity (Wildman–Crippen MR) is 55.4 cm³/mol. The summed E-state index contributed by atoms with van der Waals surface area (Å²) in [5.74, 6) is 2.43. The number of halogens is 1. The highest BCUT2D eigenvalue weighted by Crippen LogP contribution is 2.35. The van der Waals surface area contributed by atoms with Crippen LogP contribution in [0.3, 0.4) is 0 Å². The predicted octanol–water partition coefficient (Wildman–Crippen LogP) is 1.52. The molecule has 2 aliphatic rings. The molecular weight excluding hydrogens is 202 g/mol. The minimum Gasteiger partial charge on any atom is -0.454 e. The molecule has 1 aromatic carbocycles. The maximum Gasteiger partial charge on any atom is 0.231 e. The van der Waals surface area contributed by atoms with Gasteiger partial charge in [0.15, 0.2) is 11.5 Å². The molecule has 1 saturated heterocycles. The highest BCUT2D eigenvalue weighted by atomic mass is 35.5. The summed E-state index contributed by atoms with van der Waals surface area (Å²) >= 11 is 0. The monoisotopic (exact) mass is 213 g/mol. The van der Waals surface area contributed by atoms with Crippen molar-refractivity contribution >= 4 is 12.4 Å². The van der Waals surface area contributed by atoms with Crippen molar-refractivity contribution in [1.29, 1.82) is 0 Å². The first-order valence-corrected chi connectivity index (χ1v) is 4.54. The van der Waals surface area contributed by atoms with E-state index in [1.54, 1.807) is 0 Å². The molecule has 1 N–H and O–H groups in total. The van der Waals surface area contributed by atoms with E-state index in [0.717, 1.165) is 24.6 Å². The Morgan fingerprint density at radius 2 is 1.93 bits per heavy atom. The molecule has 0 unspecified atom stereocenters. The smallest absolute Gasteiger partial charge is 0.231 e. The van der Waals surface area contributed by atoms with Gasteiger partial charge in [0.05, 0.1) is 0 Å². The molecule has 3 nitrogen and oxygen atoms in total. The van der Waals surface area contributed by atoms with Crippen LogP contribution in [0.15, 0.2) is 18.2 Å². The molecule has 2 aliphatic heterocycles. The topological polar surface area (TPSA) is 30.5 Å². The molecule has 1 aromatic rings. The van der Waals surface area contributed by atoms with Crippen LogP contribution in [0.25, 0.3) is 0 Å². The van der Waals surface area contributed by atoms with Gasteiger partial charge in [0, 0.05) is 19.0 Å². The van der Waals surface area contributed by atoms with Crippen LogP contribution in [0.2, 0.25) is 0 Å². The van der Waals surface area contributed by atoms with Gasteiger partial charge in [0.25, 0.3) is 0 Å². The van der Waals surface area contributed by atoms with Crippen LogP contribution in [-0.2, 0) is 0 Å². The van der Waals surface area contributed by atoms with Gasteiger partial charge in [-0.05, 0) is 17.7 Å². The first-order chi connectivity index (χ1) is 6.43. The van der Waals surface area contributed by atoms with Crippen LogP contribution in [0.5, 0.6) is 11.5 Å². The van der Waals surface area contributed by atoms with E-state index in [1.807, 2.05) is 6.07 Å². The number of rotatable bonds is 1. The zero-order valence-electron chi connectivity index (χ0n) is 7.66. The first-order valence-electron chi connectivity index (χ1n) is 4.54. The van der Waals surface area contributed by atoms with Crippen LogP contribution < -0.4 is 14.8 Å². The Bertz CT molecular complexity index is 339. The SMILES string of the molecule is Cl.c1cc2c(cc1C1CNC1)OCO2. The second-order valence-corrected chi connectivity index (χ2v) is 3.47. The Hall–Kier alpha value is -0.930. The zero-order chi connectivity index (χ0) is 8.67. The summed E-state index contributed by atoms with van der Waals surface area (Å²) in [4.78, 5) is 0. The largest absolute Gasteiger partial charge is 0.454 e. The van der Waals surface area contributed by atoms with Gasteiger partial charge in [-0.1, -0.05) is 6.07 Å². The number of nitrogens with one attached hydrogen (secondary N) is 1. The van der Waals surface area contributed by atoms with Crippen molar-refractivity contribution in [2.45, 2.75) is 5.92 Å². The Labute approximate surface area is 88.8 Å². The summed E-state index contributed by atoms with van der Waals surface area (Å²) in [6.45, 7) is 2.53. The van der Waals surface area contributed by atoms with Gasteiger partial charge in [-0.2, -0.15) is 0 Å². The van der Waals surface area contributed by atoms with Crippen molar-refractivity contribution in [2.24, 2.45) is 0 Å². The van der Waals surface area contributed by atoms with E-state index in [1.165, 1.54) is 5.56 Å². The molecule has 0 bridgehead atoms. The Kier molecular flexibility index (Phi) is 2.52. The van der Waals surface area contributed by atoms with Crippen LogP contribution in [-0.4, -0.2) is 19.9 Å². The summed E-state index contributed by atoms with van der Waals surface area (Å²) in [6.07, 6.45) is 0. The number of fused-ring (bicyclic) bond motifs is 1. The molecule has 3 rings (SSSR count). The first kappa shape index (κ1) is 9.62. The second-order valence-electron chi connectivity index (χ2n) is 3.47. The number of hydrogen-bond acceptors (Lipinski definition) is 3. The highest BCUT2D eigenvalue weighted by molar-refractivity contribution is 5.85. The minimum absolute atomic E-state index is 0. The average Bonchev–Trinajstić information content (AvgIpc) is 2.47. The van der Waals surface area contributed by atoms with Gasteiger partial charge in [-0.25, -0.2) is 0 Å². The highest BCUT2D eigenvalue weighted by Gasteiger charge is 2.21. The van der Waals surface area contributed by atoms with E-state index in [4.69, 9.17) is 9.47 Å². The lowest BCUT2D eigenvalue weighted by Crippen LogP contribution is -2.39. The summed E-state index contributed by atoms with van der Waals surface area (Å²) in [5, 5.41) is 3.26. The molecule has 0 aromatic heterocycles. The number of ether oxygens (including phenoxy) is 2. The van der Waals surface area contributed by atoms with E-state index >= 15 is 0 Å². The molecule has 0 spiro atoms. The summed E-state index contributed by atoms with van der Waals surface area (Å²) in [6, 6.07) is 6.21. The quantitative estimate of drug-likeness (QED) is 0.768. The van der Waals surface area contributed by atoms with Crippen molar-refractivity contribution in [3.63, 3.8) is 0 Å². The van der Waals surface area contributed by atoms with E-state index < -0.39 is 0 Å². The lowest BCUT2D eigenvalue weighted by Gasteiger charge is -2.27. The third kappa shape index (κ3) is 1.42. The third-order valence-corrected chi connectivity index (χ3v) is 2.65. The van der Waals surface area contributed by atoms with E-state index in [-0.39, 0.29) is 12.4 Å². The van der Waals surface area contributed by atoms with E-state index in [0.29, 0.717) is 12.7 Å². The molecule has 0 atom stereocenters. The Morgan fingerprint density at radius 3 is 2.64 bits per heavy atom. The van der Waals surface area contributed by atoms with Gasteiger partial charge in [-0.15, -0.1) is 12.4 Å². The maximum atomic E-state index is 5.32. The molecule has 4 heteroatoms. The van der Waals surface area contributed by atoms with Crippen molar-refractivity contribution in [3.8, 4) is 11.5 Å². The van der Waals surface area contributed by atoms with Gasteiger partial charge in [0.2, 0.25) is 6.79 Å². The second kappa shape index (κ2) is 3.67. The lowest BCUT2D eigenvalue weighted by atomic mass is 9.93. The third-order valence-electron chi connectivity index (χ3n) is 2.65. The molecule has 0 radical (unpaired) electrons. The molecule has 0 aliphatic carbocycles. The lowest BCUT2D eigenvalue weighted by molar-refractivity contribution is 0.174. The molecule has 76 valence electrons. The van der Waals surface area contributed by atoms with Crippen molar-refractivity contribution in [1.82, 2.24) is 5.32 Å². The number of benzene rings is 1. The molecule has 0 saturated carbocycles. The van der Waals surface area contributed by atoms with Crippen molar-refractivity contribution in [2.75, 3.05) is 19.9 Å². The van der Waals surface area contributed by atoms with E-state index in [9.17, 15) is 0 Å². The fourth-order valence-corrected chi connectivity index (χ4v) is 1.69. The van der Waals surface area contributed by atoms with Crippen LogP contribution in [0.4, 0.5) is 0 Å². The number of hydrogen-bond donors (Lipinski definition) is 1. The van der Waals surface area contributed by atoms with Gasteiger partial charge in [0.1, 0.15) is 0 Å². The molecular formula is C10H12ClNO2. The molecule has 14 heavy (non-hydrogen) atoms. The van der Waals surface area contributed by atoms with Gasteiger partial charge < -0.3 is 14.8 Å². The van der Waals surface area contributed by atoms with Crippen molar-refractivity contribution in [3.05, 3.63) is 23.8 Å². The minimum atomic E-state index is 0. The zero-order valence-corrected chi connectivity index (χ0v) is 8.47. The van der Waals surface area contributed by atoms with Gasteiger partial charge >= 0.3 is 0 Å².